The molecule has 5 heteroatoms. The average Bonchev–Trinajstić information content (AvgIpc) is 2.38. The third-order valence-electron chi connectivity index (χ3n) is 3.14. The minimum Gasteiger partial charge on any atom is -0.384 e. The van der Waals surface area contributed by atoms with Gasteiger partial charge in [0.25, 0.3) is 0 Å². The van der Waals surface area contributed by atoms with Gasteiger partial charge in [-0.25, -0.2) is 0 Å². The minimum atomic E-state index is -4.29. The van der Waals surface area contributed by atoms with Crippen LogP contribution in [0, 0.1) is 0 Å². The van der Waals surface area contributed by atoms with Gasteiger partial charge in [-0.1, -0.05) is 39.0 Å². The first-order valence-corrected chi connectivity index (χ1v) is 7.85. The first-order chi connectivity index (χ1) is 9.45. The summed E-state index contributed by atoms with van der Waals surface area (Å²) < 4.78 is 38.5. The van der Waals surface area contributed by atoms with Gasteiger partial charge in [0.15, 0.2) is 0 Å². The highest BCUT2D eigenvalue weighted by atomic mass is 79.9. The number of benzene rings is 1. The average molecular weight is 352 g/mol. The fourth-order valence-electron chi connectivity index (χ4n) is 1.97. The highest BCUT2D eigenvalue weighted by Crippen LogP contribution is 2.33. The van der Waals surface area contributed by atoms with Crippen molar-refractivity contribution in [3.8, 4) is 0 Å². The van der Waals surface area contributed by atoms with Gasteiger partial charge in [0.1, 0.15) is 0 Å². The molecule has 0 aliphatic rings. The molecule has 0 aliphatic carbocycles. The summed E-state index contributed by atoms with van der Waals surface area (Å²) in [7, 11) is 0. The maximum Gasteiger partial charge on any atom is 0.416 e. The smallest absolute Gasteiger partial charge is 0.384 e. The summed E-state index contributed by atoms with van der Waals surface area (Å²) in [5.74, 6) is 0. The van der Waals surface area contributed by atoms with E-state index in [1.54, 1.807) is 0 Å². The molecule has 20 heavy (non-hydrogen) atoms. The van der Waals surface area contributed by atoms with E-state index in [4.69, 9.17) is 0 Å². The third kappa shape index (κ3) is 6.16. The van der Waals surface area contributed by atoms with Crippen molar-refractivity contribution >= 4 is 21.6 Å². The molecule has 0 aromatic heterocycles. The zero-order valence-corrected chi connectivity index (χ0v) is 13.3. The number of unbranched alkanes of at least 4 members (excludes halogenated alkanes) is 5. The molecule has 0 spiro atoms. The number of rotatable bonds is 8. The zero-order valence-electron chi connectivity index (χ0n) is 11.7. The fourth-order valence-corrected chi connectivity index (χ4v) is 2.35. The Kier molecular flexibility index (Phi) is 7.41. The molecule has 0 fully saturated rings. The second kappa shape index (κ2) is 8.55. The first-order valence-electron chi connectivity index (χ1n) is 7.05. The number of anilines is 1. The Bertz CT molecular complexity index is 405. The van der Waals surface area contributed by atoms with Crippen LogP contribution in [-0.2, 0) is 6.18 Å². The van der Waals surface area contributed by atoms with E-state index >= 15 is 0 Å². The third-order valence-corrected chi connectivity index (χ3v) is 3.83. The number of alkyl halides is 3. The lowest BCUT2D eigenvalue weighted by molar-refractivity contribution is -0.137. The fraction of sp³-hybridized carbons (Fsp3) is 0.600. The van der Waals surface area contributed by atoms with Crippen LogP contribution in [0.4, 0.5) is 18.9 Å². The van der Waals surface area contributed by atoms with Crippen molar-refractivity contribution < 1.29 is 13.2 Å². The van der Waals surface area contributed by atoms with Gasteiger partial charge in [0, 0.05) is 16.7 Å². The van der Waals surface area contributed by atoms with Gasteiger partial charge >= 0.3 is 6.18 Å². The lowest BCUT2D eigenvalue weighted by Gasteiger charge is -2.12. The molecular formula is C15H21BrF3N. The molecule has 0 aliphatic heterocycles. The van der Waals surface area contributed by atoms with E-state index in [1.807, 2.05) is 0 Å². The van der Waals surface area contributed by atoms with Gasteiger partial charge < -0.3 is 5.32 Å². The van der Waals surface area contributed by atoms with Crippen molar-refractivity contribution in [1.29, 1.82) is 0 Å². The molecule has 1 aromatic rings. The van der Waals surface area contributed by atoms with Gasteiger partial charge in [-0.15, -0.1) is 0 Å². The number of hydrogen-bond acceptors (Lipinski definition) is 1. The summed E-state index contributed by atoms with van der Waals surface area (Å²) in [6, 6.07) is 3.67. The van der Waals surface area contributed by atoms with Crippen molar-refractivity contribution in [1.82, 2.24) is 0 Å². The molecule has 114 valence electrons. The van der Waals surface area contributed by atoms with Gasteiger partial charge in [0.05, 0.1) is 5.56 Å². The molecule has 0 bridgehead atoms. The summed E-state index contributed by atoms with van der Waals surface area (Å²) in [5, 5.41) is 3.07. The Labute approximate surface area is 127 Å². The monoisotopic (exact) mass is 351 g/mol. The quantitative estimate of drug-likeness (QED) is 0.546. The Balaban J connectivity index is 2.40. The molecule has 0 saturated heterocycles. The summed E-state index contributed by atoms with van der Waals surface area (Å²) in [4.78, 5) is 0. The zero-order chi connectivity index (χ0) is 15.0. The Morgan fingerprint density at radius 2 is 1.70 bits per heavy atom. The van der Waals surface area contributed by atoms with Crippen molar-refractivity contribution in [2.75, 3.05) is 11.9 Å². The first kappa shape index (κ1) is 17.3. The Morgan fingerprint density at radius 3 is 2.35 bits per heavy atom. The van der Waals surface area contributed by atoms with E-state index < -0.39 is 11.7 Å². The Morgan fingerprint density at radius 1 is 1.05 bits per heavy atom. The van der Waals surface area contributed by atoms with Gasteiger partial charge in [0.2, 0.25) is 0 Å². The van der Waals surface area contributed by atoms with E-state index in [0.29, 0.717) is 16.7 Å². The highest BCUT2D eigenvalue weighted by molar-refractivity contribution is 9.10. The van der Waals surface area contributed by atoms with Crippen LogP contribution in [0.25, 0.3) is 0 Å². The molecule has 1 aromatic carbocycles. The molecule has 0 saturated carbocycles. The normalized spacial score (nSPS) is 11.7. The van der Waals surface area contributed by atoms with E-state index in [-0.39, 0.29) is 0 Å². The molecule has 0 radical (unpaired) electrons. The van der Waals surface area contributed by atoms with E-state index in [2.05, 4.69) is 28.2 Å². The molecule has 1 nitrogen and oxygen atoms in total. The Hall–Kier alpha value is -0.710. The van der Waals surface area contributed by atoms with Crippen LogP contribution in [0.5, 0.6) is 0 Å². The molecular weight excluding hydrogens is 331 g/mol. The SMILES string of the molecule is CCCCCCCCNc1cc(C(F)(F)F)ccc1Br. The van der Waals surface area contributed by atoms with Crippen molar-refractivity contribution in [2.45, 2.75) is 51.6 Å². The molecule has 1 rings (SSSR count). The number of nitrogens with one attached hydrogen (secondary N) is 1. The largest absolute Gasteiger partial charge is 0.416 e. The van der Waals surface area contributed by atoms with Crippen LogP contribution in [0.2, 0.25) is 0 Å². The summed E-state index contributed by atoms with van der Waals surface area (Å²) in [6.45, 7) is 2.87. The van der Waals surface area contributed by atoms with E-state index in [0.717, 1.165) is 25.0 Å². The molecule has 1 N–H and O–H groups in total. The van der Waals surface area contributed by atoms with Crippen LogP contribution in [0.15, 0.2) is 22.7 Å². The second-order valence-corrected chi connectivity index (χ2v) is 5.74. The molecule has 0 amide bonds. The van der Waals surface area contributed by atoms with Gasteiger partial charge in [-0.05, 0) is 40.5 Å². The predicted molar refractivity (Wildman–Crippen MR) is 81.0 cm³/mol. The van der Waals surface area contributed by atoms with Gasteiger partial charge in [-0.2, -0.15) is 13.2 Å². The van der Waals surface area contributed by atoms with Crippen LogP contribution in [0.1, 0.15) is 51.0 Å². The lowest BCUT2D eigenvalue weighted by atomic mass is 10.1. The van der Waals surface area contributed by atoms with Crippen LogP contribution in [-0.4, -0.2) is 6.54 Å². The number of hydrogen-bond donors (Lipinski definition) is 1. The maximum absolute atomic E-state index is 12.6. The van der Waals surface area contributed by atoms with Crippen LogP contribution in [0.3, 0.4) is 0 Å². The predicted octanol–water partition coefficient (Wildman–Crippen LogP) is 6.24. The van der Waals surface area contributed by atoms with E-state index in [9.17, 15) is 13.2 Å². The molecule has 0 heterocycles. The van der Waals surface area contributed by atoms with E-state index in [1.165, 1.54) is 31.7 Å². The highest BCUT2D eigenvalue weighted by Gasteiger charge is 2.30. The summed E-state index contributed by atoms with van der Waals surface area (Å²) in [6.07, 6.45) is 2.71. The molecule has 0 atom stereocenters. The van der Waals surface area contributed by atoms with Gasteiger partial charge in [-0.3, -0.25) is 0 Å². The standard InChI is InChI=1S/C15H21BrF3N/c1-2-3-4-5-6-7-10-20-14-11-12(15(17,18)19)8-9-13(14)16/h8-9,11,20H,2-7,10H2,1H3. The summed E-state index contributed by atoms with van der Waals surface area (Å²) in [5.41, 5.74) is -0.112. The molecule has 0 unspecified atom stereocenters. The van der Waals surface area contributed by atoms with Crippen LogP contribution >= 0.6 is 15.9 Å². The minimum absolute atomic E-state index is 0.508. The lowest BCUT2D eigenvalue weighted by Crippen LogP contribution is -2.07. The number of halogens is 4. The summed E-state index contributed by atoms with van der Waals surface area (Å²) >= 11 is 3.27. The maximum atomic E-state index is 12.6. The second-order valence-electron chi connectivity index (χ2n) is 4.89. The van der Waals surface area contributed by atoms with Crippen molar-refractivity contribution in [3.05, 3.63) is 28.2 Å². The van der Waals surface area contributed by atoms with Crippen molar-refractivity contribution in [2.24, 2.45) is 0 Å². The van der Waals surface area contributed by atoms with Crippen LogP contribution < -0.4 is 5.32 Å². The van der Waals surface area contributed by atoms with Crippen molar-refractivity contribution in [3.63, 3.8) is 0 Å². The topological polar surface area (TPSA) is 12.0 Å².